The van der Waals surface area contributed by atoms with E-state index in [1.165, 1.54) is 18.4 Å². The summed E-state index contributed by atoms with van der Waals surface area (Å²) in [5.41, 5.74) is 0.762. The van der Waals surface area contributed by atoms with Crippen LogP contribution in [-0.4, -0.2) is 5.91 Å². The molecule has 1 N–H and O–H groups in total. The van der Waals surface area contributed by atoms with E-state index in [2.05, 4.69) is 5.32 Å². The summed E-state index contributed by atoms with van der Waals surface area (Å²) in [6, 6.07) is 5.63. The van der Waals surface area contributed by atoms with Gasteiger partial charge < -0.3 is 9.73 Å². The van der Waals surface area contributed by atoms with Crippen molar-refractivity contribution in [2.75, 3.05) is 5.32 Å². The van der Waals surface area contributed by atoms with E-state index in [-0.39, 0.29) is 10.9 Å². The Hall–Kier alpha value is -1.81. The number of hydrogen-bond acceptors (Lipinski definition) is 2. The van der Waals surface area contributed by atoms with Crippen LogP contribution in [0.4, 0.5) is 10.1 Å². The lowest BCUT2D eigenvalue weighted by atomic mass is 10.2. The third kappa shape index (κ3) is 2.47. The van der Waals surface area contributed by atoms with E-state index in [1.807, 2.05) is 0 Å². The van der Waals surface area contributed by atoms with Crippen LogP contribution in [0.25, 0.3) is 0 Å². The molecule has 0 aliphatic heterocycles. The maximum Gasteiger partial charge on any atom is 0.259 e. The Kier molecular flexibility index (Phi) is 3.15. The molecular formula is C12H9ClFNO2. The lowest BCUT2D eigenvalue weighted by Crippen LogP contribution is -2.12. The first-order valence-corrected chi connectivity index (χ1v) is 5.26. The summed E-state index contributed by atoms with van der Waals surface area (Å²) in [6.45, 7) is 1.68. The number of nitrogens with one attached hydrogen (secondary N) is 1. The Morgan fingerprint density at radius 2 is 2.18 bits per heavy atom. The van der Waals surface area contributed by atoms with Crippen LogP contribution >= 0.6 is 11.6 Å². The minimum absolute atomic E-state index is 0.0162. The molecule has 0 aliphatic rings. The van der Waals surface area contributed by atoms with Crippen molar-refractivity contribution >= 4 is 23.2 Å². The molecule has 0 spiro atoms. The van der Waals surface area contributed by atoms with Gasteiger partial charge in [0.25, 0.3) is 5.91 Å². The van der Waals surface area contributed by atoms with Gasteiger partial charge in [0.1, 0.15) is 11.6 Å². The number of benzene rings is 1. The highest BCUT2D eigenvalue weighted by Crippen LogP contribution is 2.19. The zero-order valence-corrected chi connectivity index (χ0v) is 9.72. The van der Waals surface area contributed by atoms with E-state index in [0.717, 1.165) is 6.07 Å². The first kappa shape index (κ1) is 11.7. The summed E-state index contributed by atoms with van der Waals surface area (Å²) in [6.07, 6.45) is 1.42. The largest absolute Gasteiger partial charge is 0.469 e. The van der Waals surface area contributed by atoms with Crippen molar-refractivity contribution in [2.45, 2.75) is 6.92 Å². The smallest absolute Gasteiger partial charge is 0.259 e. The normalized spacial score (nSPS) is 10.3. The van der Waals surface area contributed by atoms with E-state index in [4.69, 9.17) is 16.0 Å². The molecular weight excluding hydrogens is 245 g/mol. The molecule has 1 aromatic carbocycles. The van der Waals surface area contributed by atoms with Crippen molar-refractivity contribution < 1.29 is 13.6 Å². The number of carbonyl (C=O) groups is 1. The first-order valence-electron chi connectivity index (χ1n) is 4.88. The van der Waals surface area contributed by atoms with E-state index in [9.17, 15) is 9.18 Å². The van der Waals surface area contributed by atoms with Gasteiger partial charge in [0.2, 0.25) is 0 Å². The van der Waals surface area contributed by atoms with E-state index >= 15 is 0 Å². The molecule has 88 valence electrons. The quantitative estimate of drug-likeness (QED) is 0.888. The zero-order chi connectivity index (χ0) is 12.4. The van der Waals surface area contributed by atoms with Gasteiger partial charge in [-0.3, -0.25) is 4.79 Å². The SMILES string of the molecule is Cc1occc1C(=O)Nc1ccc(Cl)c(F)c1. The van der Waals surface area contributed by atoms with E-state index in [1.54, 1.807) is 13.0 Å². The van der Waals surface area contributed by atoms with Gasteiger partial charge in [-0.1, -0.05) is 11.6 Å². The average Bonchev–Trinajstić information content (AvgIpc) is 2.70. The van der Waals surface area contributed by atoms with Gasteiger partial charge in [-0.15, -0.1) is 0 Å². The van der Waals surface area contributed by atoms with Crippen molar-refractivity contribution in [3.63, 3.8) is 0 Å². The number of rotatable bonds is 2. The van der Waals surface area contributed by atoms with Gasteiger partial charge in [-0.2, -0.15) is 0 Å². The van der Waals surface area contributed by atoms with Crippen molar-refractivity contribution in [1.82, 2.24) is 0 Å². The van der Waals surface area contributed by atoms with Crippen molar-refractivity contribution in [3.05, 3.63) is 52.7 Å². The fourth-order valence-electron chi connectivity index (χ4n) is 1.39. The molecule has 5 heteroatoms. The van der Waals surface area contributed by atoms with Gasteiger partial charge in [0.15, 0.2) is 0 Å². The van der Waals surface area contributed by atoms with Gasteiger partial charge >= 0.3 is 0 Å². The minimum atomic E-state index is -0.576. The Bertz CT molecular complexity index is 565. The number of halogens is 2. The predicted molar refractivity (Wildman–Crippen MR) is 62.8 cm³/mol. The molecule has 0 fully saturated rings. The molecule has 0 saturated carbocycles. The highest BCUT2D eigenvalue weighted by atomic mass is 35.5. The van der Waals surface area contributed by atoms with Gasteiger partial charge in [0.05, 0.1) is 16.8 Å². The summed E-state index contributed by atoms with van der Waals surface area (Å²) in [5.74, 6) is -0.414. The van der Waals surface area contributed by atoms with E-state index in [0.29, 0.717) is 17.0 Å². The number of furan rings is 1. The number of amides is 1. The first-order chi connectivity index (χ1) is 8.08. The van der Waals surface area contributed by atoms with Crippen LogP contribution in [-0.2, 0) is 0 Å². The van der Waals surface area contributed by atoms with Gasteiger partial charge in [-0.05, 0) is 31.2 Å². The maximum absolute atomic E-state index is 13.1. The minimum Gasteiger partial charge on any atom is -0.469 e. The zero-order valence-electron chi connectivity index (χ0n) is 8.96. The number of hydrogen-bond donors (Lipinski definition) is 1. The van der Waals surface area contributed by atoms with Crippen molar-refractivity contribution in [3.8, 4) is 0 Å². The van der Waals surface area contributed by atoms with Crippen LogP contribution in [0, 0.1) is 12.7 Å². The van der Waals surface area contributed by atoms with Crippen LogP contribution in [0.15, 0.2) is 34.9 Å². The lowest BCUT2D eigenvalue weighted by molar-refractivity contribution is 0.102. The van der Waals surface area contributed by atoms with Gasteiger partial charge in [0, 0.05) is 5.69 Å². The Labute approximate surface area is 102 Å². The van der Waals surface area contributed by atoms with Crippen LogP contribution < -0.4 is 5.32 Å². The molecule has 0 atom stereocenters. The molecule has 0 saturated heterocycles. The lowest BCUT2D eigenvalue weighted by Gasteiger charge is -2.04. The second-order valence-electron chi connectivity index (χ2n) is 3.47. The third-order valence-electron chi connectivity index (χ3n) is 2.28. The topological polar surface area (TPSA) is 42.2 Å². The highest BCUT2D eigenvalue weighted by molar-refractivity contribution is 6.30. The monoisotopic (exact) mass is 253 g/mol. The molecule has 0 unspecified atom stereocenters. The van der Waals surface area contributed by atoms with Crippen molar-refractivity contribution in [2.24, 2.45) is 0 Å². The summed E-state index contributed by atoms with van der Waals surface area (Å²) in [4.78, 5) is 11.8. The molecule has 17 heavy (non-hydrogen) atoms. The number of carbonyl (C=O) groups excluding carboxylic acids is 1. The standard InChI is InChI=1S/C12H9ClFNO2/c1-7-9(4-5-17-7)12(16)15-8-2-3-10(13)11(14)6-8/h2-6H,1H3,(H,15,16). The predicted octanol–water partition coefficient (Wildman–Crippen LogP) is 3.63. The molecule has 3 nitrogen and oxygen atoms in total. The molecule has 1 aromatic heterocycles. The fourth-order valence-corrected chi connectivity index (χ4v) is 1.51. The average molecular weight is 254 g/mol. The second kappa shape index (κ2) is 4.59. The van der Waals surface area contributed by atoms with Gasteiger partial charge in [-0.25, -0.2) is 4.39 Å². The van der Waals surface area contributed by atoms with Crippen LogP contribution in [0.1, 0.15) is 16.1 Å². The Morgan fingerprint density at radius 3 is 2.76 bits per heavy atom. The van der Waals surface area contributed by atoms with Crippen molar-refractivity contribution in [1.29, 1.82) is 0 Å². The molecule has 0 aliphatic carbocycles. The maximum atomic E-state index is 13.1. The van der Waals surface area contributed by atoms with Crippen LogP contribution in [0.5, 0.6) is 0 Å². The molecule has 1 heterocycles. The molecule has 2 rings (SSSR count). The Morgan fingerprint density at radius 1 is 1.41 bits per heavy atom. The van der Waals surface area contributed by atoms with Crippen LogP contribution in [0.2, 0.25) is 5.02 Å². The number of anilines is 1. The molecule has 1 amide bonds. The Balaban J connectivity index is 2.19. The molecule has 0 bridgehead atoms. The summed E-state index contributed by atoms with van der Waals surface area (Å²) in [7, 11) is 0. The third-order valence-corrected chi connectivity index (χ3v) is 2.59. The summed E-state index contributed by atoms with van der Waals surface area (Å²) in [5, 5.41) is 2.57. The molecule has 0 radical (unpaired) electrons. The summed E-state index contributed by atoms with van der Waals surface area (Å²) < 4.78 is 18.2. The van der Waals surface area contributed by atoms with Crippen LogP contribution in [0.3, 0.4) is 0 Å². The highest BCUT2D eigenvalue weighted by Gasteiger charge is 2.12. The van der Waals surface area contributed by atoms with E-state index < -0.39 is 5.82 Å². The number of aryl methyl sites for hydroxylation is 1. The second-order valence-corrected chi connectivity index (χ2v) is 3.88. The fraction of sp³-hybridized carbons (Fsp3) is 0.0833. The molecule has 2 aromatic rings. The summed E-state index contributed by atoms with van der Waals surface area (Å²) >= 11 is 5.54.